The van der Waals surface area contributed by atoms with Gasteiger partial charge in [0.1, 0.15) is 0 Å². The highest BCUT2D eigenvalue weighted by atomic mass is 16.6. The molecule has 0 aromatic rings. The van der Waals surface area contributed by atoms with Crippen molar-refractivity contribution in [2.45, 2.75) is 31.8 Å². The maximum absolute atomic E-state index is 12.0. The molecule has 120 valence electrons. The molecule has 2 amide bonds. The number of nitrogens with zero attached hydrogens (tertiary/aromatic N) is 1. The van der Waals surface area contributed by atoms with Gasteiger partial charge < -0.3 is 24.8 Å². The second-order valence-corrected chi connectivity index (χ2v) is 5.62. The topological polar surface area (TPSA) is 88.1 Å². The van der Waals surface area contributed by atoms with Gasteiger partial charge in [-0.3, -0.25) is 4.79 Å². The van der Waals surface area contributed by atoms with Crippen LogP contribution in [0.25, 0.3) is 0 Å². The second kappa shape index (κ2) is 8.19. The molecule has 0 aliphatic carbocycles. The molecule has 1 unspecified atom stereocenters. The van der Waals surface area contributed by atoms with Crippen molar-refractivity contribution in [1.29, 1.82) is 0 Å². The number of urea groups is 1. The van der Waals surface area contributed by atoms with E-state index in [9.17, 15) is 9.59 Å². The molecule has 0 aromatic carbocycles. The van der Waals surface area contributed by atoms with Crippen LogP contribution in [0.3, 0.4) is 0 Å². The Bertz CT molecular complexity index is 349. The number of aliphatic carboxylic acids is 1. The summed E-state index contributed by atoms with van der Waals surface area (Å²) in [4.78, 5) is 24.4. The number of likely N-dealkylation sites (tertiary alicyclic amines) is 1. The van der Waals surface area contributed by atoms with Crippen molar-refractivity contribution in [1.82, 2.24) is 10.2 Å². The van der Waals surface area contributed by atoms with E-state index in [1.807, 2.05) is 0 Å². The number of hydrogen-bond donors (Lipinski definition) is 2. The maximum atomic E-state index is 12.0. The Hall–Kier alpha value is -1.34. The highest BCUT2D eigenvalue weighted by molar-refractivity contribution is 5.74. The normalized spacial score (nSPS) is 23.8. The fourth-order valence-electron chi connectivity index (χ4n) is 2.72. The van der Waals surface area contributed by atoms with Gasteiger partial charge in [0.15, 0.2) is 0 Å². The van der Waals surface area contributed by atoms with E-state index in [0.29, 0.717) is 51.8 Å². The number of carbonyl (C=O) groups excluding carboxylic acids is 1. The minimum atomic E-state index is -0.745. The van der Waals surface area contributed by atoms with E-state index in [0.717, 1.165) is 12.8 Å². The standard InChI is InChI=1S/C14H24N2O5/c17-13(18)2-1-11-3-5-16(6-4-11)14(19)15-9-12-10-20-7-8-21-12/h11-12H,1-10H2,(H,15,19)(H,17,18). The van der Waals surface area contributed by atoms with Crippen LogP contribution in [-0.2, 0) is 14.3 Å². The maximum Gasteiger partial charge on any atom is 0.317 e. The molecule has 2 saturated heterocycles. The highest BCUT2D eigenvalue weighted by Crippen LogP contribution is 2.21. The molecule has 0 aromatic heterocycles. The van der Waals surface area contributed by atoms with Crippen LogP contribution < -0.4 is 5.32 Å². The zero-order chi connectivity index (χ0) is 15.1. The van der Waals surface area contributed by atoms with Crippen LogP contribution in [-0.4, -0.2) is 67.6 Å². The molecule has 2 fully saturated rings. The number of nitrogens with one attached hydrogen (secondary N) is 1. The minimum Gasteiger partial charge on any atom is -0.481 e. The van der Waals surface area contributed by atoms with Crippen molar-refractivity contribution in [2.24, 2.45) is 5.92 Å². The third-order valence-corrected chi connectivity index (χ3v) is 4.03. The molecule has 0 saturated carbocycles. The van der Waals surface area contributed by atoms with Crippen LogP contribution >= 0.6 is 0 Å². The molecule has 0 spiro atoms. The lowest BCUT2D eigenvalue weighted by Gasteiger charge is -2.32. The van der Waals surface area contributed by atoms with E-state index in [-0.39, 0.29) is 18.6 Å². The van der Waals surface area contributed by atoms with Crippen LogP contribution in [0.5, 0.6) is 0 Å². The number of carboxylic acid groups (broad SMARTS) is 1. The number of rotatable bonds is 5. The molecule has 7 heteroatoms. The van der Waals surface area contributed by atoms with Gasteiger partial charge in [-0.05, 0) is 25.2 Å². The fourth-order valence-corrected chi connectivity index (χ4v) is 2.72. The van der Waals surface area contributed by atoms with Gasteiger partial charge >= 0.3 is 12.0 Å². The fraction of sp³-hybridized carbons (Fsp3) is 0.857. The summed E-state index contributed by atoms with van der Waals surface area (Å²) < 4.78 is 10.8. The summed E-state index contributed by atoms with van der Waals surface area (Å²) in [6, 6.07) is -0.0686. The van der Waals surface area contributed by atoms with Crippen LogP contribution in [0.15, 0.2) is 0 Å². The molecular formula is C14H24N2O5. The third-order valence-electron chi connectivity index (χ3n) is 4.03. The van der Waals surface area contributed by atoms with E-state index in [2.05, 4.69) is 5.32 Å². The van der Waals surface area contributed by atoms with Gasteiger partial charge in [0.25, 0.3) is 0 Å². The molecule has 2 N–H and O–H groups in total. The number of hydrogen-bond acceptors (Lipinski definition) is 4. The Morgan fingerprint density at radius 1 is 1.24 bits per heavy atom. The Kier molecular flexibility index (Phi) is 6.25. The lowest BCUT2D eigenvalue weighted by Crippen LogP contribution is -2.48. The largest absolute Gasteiger partial charge is 0.481 e. The first-order chi connectivity index (χ1) is 10.1. The second-order valence-electron chi connectivity index (χ2n) is 5.62. The van der Waals surface area contributed by atoms with E-state index >= 15 is 0 Å². The van der Waals surface area contributed by atoms with Crippen LogP contribution in [0, 0.1) is 5.92 Å². The molecule has 2 aliphatic rings. The van der Waals surface area contributed by atoms with Crippen molar-refractivity contribution in [3.63, 3.8) is 0 Å². The smallest absolute Gasteiger partial charge is 0.317 e. The first kappa shape index (κ1) is 16.0. The van der Waals surface area contributed by atoms with Crippen molar-refractivity contribution >= 4 is 12.0 Å². The molecule has 7 nitrogen and oxygen atoms in total. The van der Waals surface area contributed by atoms with Crippen LogP contribution in [0.1, 0.15) is 25.7 Å². The summed E-state index contributed by atoms with van der Waals surface area (Å²) in [5.74, 6) is -0.329. The molecule has 21 heavy (non-hydrogen) atoms. The molecule has 2 heterocycles. The average Bonchev–Trinajstić information content (AvgIpc) is 2.52. The molecule has 0 bridgehead atoms. The SMILES string of the molecule is O=C(O)CCC1CCN(C(=O)NCC2COCCO2)CC1. The molecule has 1 atom stereocenters. The predicted octanol–water partition coefficient (Wildman–Crippen LogP) is 0.688. The van der Waals surface area contributed by atoms with Gasteiger partial charge in [0.2, 0.25) is 0 Å². The van der Waals surface area contributed by atoms with E-state index in [4.69, 9.17) is 14.6 Å². The van der Waals surface area contributed by atoms with E-state index < -0.39 is 5.97 Å². The molecular weight excluding hydrogens is 276 g/mol. The van der Waals surface area contributed by atoms with Crippen molar-refractivity contribution in [3.05, 3.63) is 0 Å². The van der Waals surface area contributed by atoms with Gasteiger partial charge in [0.05, 0.1) is 25.9 Å². The lowest BCUT2D eigenvalue weighted by atomic mass is 9.92. The van der Waals surface area contributed by atoms with Crippen LogP contribution in [0.2, 0.25) is 0 Å². The summed E-state index contributed by atoms with van der Waals surface area (Å²) in [5, 5.41) is 11.6. The number of carbonyl (C=O) groups is 2. The van der Waals surface area contributed by atoms with E-state index in [1.54, 1.807) is 4.90 Å². The van der Waals surface area contributed by atoms with Gasteiger partial charge in [-0.15, -0.1) is 0 Å². The zero-order valence-electron chi connectivity index (χ0n) is 12.3. The lowest BCUT2D eigenvalue weighted by molar-refractivity contribution is -0.137. The molecule has 0 radical (unpaired) electrons. The number of carboxylic acids is 1. The first-order valence-electron chi connectivity index (χ1n) is 7.59. The average molecular weight is 300 g/mol. The number of amides is 2. The van der Waals surface area contributed by atoms with Crippen molar-refractivity contribution < 1.29 is 24.2 Å². The summed E-state index contributed by atoms with van der Waals surface area (Å²) in [5.41, 5.74) is 0. The summed E-state index contributed by atoms with van der Waals surface area (Å²) in [6.45, 7) is 3.58. The van der Waals surface area contributed by atoms with Crippen LogP contribution in [0.4, 0.5) is 4.79 Å². The monoisotopic (exact) mass is 300 g/mol. The van der Waals surface area contributed by atoms with Gasteiger partial charge in [0, 0.05) is 26.1 Å². The van der Waals surface area contributed by atoms with Gasteiger partial charge in [-0.25, -0.2) is 4.79 Å². The first-order valence-corrected chi connectivity index (χ1v) is 7.59. The number of ether oxygens (including phenoxy) is 2. The highest BCUT2D eigenvalue weighted by Gasteiger charge is 2.24. The summed E-state index contributed by atoms with van der Waals surface area (Å²) in [7, 11) is 0. The Balaban J connectivity index is 1.62. The minimum absolute atomic E-state index is 0.0594. The van der Waals surface area contributed by atoms with Crippen molar-refractivity contribution in [3.8, 4) is 0 Å². The molecule has 2 rings (SSSR count). The quantitative estimate of drug-likeness (QED) is 0.780. The number of piperidine rings is 1. The van der Waals surface area contributed by atoms with E-state index in [1.165, 1.54) is 0 Å². The Labute approximate surface area is 124 Å². The Morgan fingerprint density at radius 2 is 2.00 bits per heavy atom. The van der Waals surface area contributed by atoms with Gasteiger partial charge in [-0.1, -0.05) is 0 Å². The Morgan fingerprint density at radius 3 is 2.62 bits per heavy atom. The zero-order valence-corrected chi connectivity index (χ0v) is 12.3. The predicted molar refractivity (Wildman–Crippen MR) is 75.1 cm³/mol. The third kappa shape index (κ3) is 5.51. The van der Waals surface area contributed by atoms with Crippen molar-refractivity contribution in [2.75, 3.05) is 39.5 Å². The van der Waals surface area contributed by atoms with Gasteiger partial charge in [-0.2, -0.15) is 0 Å². The molecule has 2 aliphatic heterocycles. The summed E-state index contributed by atoms with van der Waals surface area (Å²) in [6.07, 6.45) is 2.62. The summed E-state index contributed by atoms with van der Waals surface area (Å²) >= 11 is 0.